The van der Waals surface area contributed by atoms with Crippen molar-refractivity contribution in [2.45, 2.75) is 85.4 Å². The van der Waals surface area contributed by atoms with Gasteiger partial charge in [0.05, 0.1) is 23.4 Å². The number of phenols is 2. The number of nitrogens with one attached hydrogen (secondary N) is 1. The van der Waals surface area contributed by atoms with Crippen LogP contribution in [0.4, 0.5) is 0 Å². The van der Waals surface area contributed by atoms with E-state index in [1.54, 1.807) is 17.4 Å². The minimum absolute atomic E-state index is 0.00930. The molecule has 1 atom stereocenters. The molecular weight excluding hydrogens is 858 g/mol. The number of halogens is 1. The molecule has 2 aliphatic rings. The number of fused-ring (bicyclic) bond motifs is 3. The van der Waals surface area contributed by atoms with E-state index in [1.165, 1.54) is 26.6 Å². The number of benzene rings is 4. The summed E-state index contributed by atoms with van der Waals surface area (Å²) in [5.74, 6) is 2.02. The van der Waals surface area contributed by atoms with Gasteiger partial charge in [0.15, 0.2) is 11.6 Å². The number of aryl methyl sites for hydroxylation is 2. The molecule has 0 bridgehead atoms. The molecule has 3 aromatic heterocycles. The lowest BCUT2D eigenvalue weighted by atomic mass is 9.90. The molecule has 1 fully saturated rings. The summed E-state index contributed by atoms with van der Waals surface area (Å²) in [6.07, 6.45) is 3.27. The maximum absolute atomic E-state index is 13.6. The van der Waals surface area contributed by atoms with E-state index >= 15 is 0 Å². The molecule has 1 amide bonds. The van der Waals surface area contributed by atoms with Gasteiger partial charge in [-0.15, -0.1) is 26.6 Å². The Balaban J connectivity index is 0.782. The van der Waals surface area contributed by atoms with Gasteiger partial charge in [-0.2, -0.15) is 0 Å². The number of thiophene rings is 1. The molecule has 13 nitrogen and oxygen atoms in total. The van der Waals surface area contributed by atoms with Crippen LogP contribution < -0.4 is 5.32 Å². The zero-order valence-corrected chi connectivity index (χ0v) is 38.7. The van der Waals surface area contributed by atoms with E-state index in [-0.39, 0.29) is 41.6 Å². The molecule has 4 aromatic carbocycles. The highest BCUT2D eigenvalue weighted by Gasteiger charge is 2.32. The Kier molecular flexibility index (Phi) is 12.3. The number of aromatic hydroxyl groups is 3. The van der Waals surface area contributed by atoms with Crippen molar-refractivity contribution in [2.24, 2.45) is 10.9 Å². The third kappa shape index (κ3) is 9.03. The number of carbonyl (C=O) groups excluding carboxylic acids is 1. The number of piperidine rings is 1. The first-order valence-corrected chi connectivity index (χ1v) is 23.2. The zero-order chi connectivity index (χ0) is 45.5. The van der Waals surface area contributed by atoms with Crippen LogP contribution in [-0.4, -0.2) is 74.5 Å². The number of amides is 1. The van der Waals surface area contributed by atoms with Crippen LogP contribution in [0.25, 0.3) is 22.1 Å². The van der Waals surface area contributed by atoms with Crippen molar-refractivity contribution < 1.29 is 20.1 Å². The highest BCUT2D eigenvalue weighted by molar-refractivity contribution is 7.15. The Morgan fingerprint density at radius 3 is 2.23 bits per heavy atom. The van der Waals surface area contributed by atoms with E-state index in [9.17, 15) is 20.1 Å². The third-order valence-electron chi connectivity index (χ3n) is 12.7. The van der Waals surface area contributed by atoms with Crippen LogP contribution in [0.2, 0.25) is 5.02 Å². The number of phenolic OH excluding ortho intramolecular Hbond substituents is 2. The second-order valence-electron chi connectivity index (χ2n) is 17.5. The maximum Gasteiger partial charge on any atom is 0.319 e. The van der Waals surface area contributed by atoms with Gasteiger partial charge in [0.2, 0.25) is 5.91 Å². The first-order chi connectivity index (χ1) is 31.3. The Bertz CT molecular complexity index is 2890. The molecule has 0 radical (unpaired) electrons. The molecule has 9 rings (SSSR count). The number of hydrogen-bond donors (Lipinski definition) is 4. The molecule has 1 saturated heterocycles. The third-order valence-corrected chi connectivity index (χ3v) is 14.2. The minimum atomic E-state index is -0.531. The SMILES string of the molecule is Cc1sc2c(c1C)C(c1ccc(Cl)cc1)=N[C@@H](CC(=O)NCc1ccc(CN3CCC(Cc4ccc(-n5c(O)nnc5-c5cc(C(C)C)c(O)cc5O)cc4)CC3)cc1)c1nnc(C)n1-2. The Morgan fingerprint density at radius 2 is 1.52 bits per heavy atom. The summed E-state index contributed by atoms with van der Waals surface area (Å²) < 4.78 is 3.57. The molecule has 65 heavy (non-hydrogen) atoms. The summed E-state index contributed by atoms with van der Waals surface area (Å²) in [5, 5.41) is 53.5. The molecule has 2 aliphatic heterocycles. The summed E-state index contributed by atoms with van der Waals surface area (Å²) >= 11 is 7.96. The smallest absolute Gasteiger partial charge is 0.319 e. The van der Waals surface area contributed by atoms with Gasteiger partial charge in [0.25, 0.3) is 0 Å². The molecule has 0 unspecified atom stereocenters. The van der Waals surface area contributed by atoms with E-state index < -0.39 is 6.04 Å². The summed E-state index contributed by atoms with van der Waals surface area (Å²) in [5.41, 5.74) is 9.13. The van der Waals surface area contributed by atoms with Gasteiger partial charge in [-0.1, -0.05) is 79.1 Å². The summed E-state index contributed by atoms with van der Waals surface area (Å²) in [4.78, 5) is 22.5. The van der Waals surface area contributed by atoms with Crippen molar-refractivity contribution in [2.75, 3.05) is 13.1 Å². The minimum Gasteiger partial charge on any atom is -0.508 e. The van der Waals surface area contributed by atoms with E-state index in [2.05, 4.69) is 85.4 Å². The topological polar surface area (TPSA) is 167 Å². The Morgan fingerprint density at radius 1 is 0.831 bits per heavy atom. The van der Waals surface area contributed by atoms with Crippen molar-refractivity contribution in [3.8, 4) is 39.6 Å². The molecule has 0 spiro atoms. The molecule has 5 heterocycles. The number of nitrogens with zero attached hydrogens (tertiary/aromatic N) is 8. The van der Waals surface area contributed by atoms with Gasteiger partial charge >= 0.3 is 6.01 Å². The number of hydrogen-bond acceptors (Lipinski definition) is 11. The normalized spacial score (nSPS) is 15.4. The standard InChI is InChI=1S/C50H52ClN9O4S/c1-28(2)39-23-40(43(62)25-42(39)61)47-55-57-50(64)60(47)38-16-10-32(11-17-38)22-33-18-20-58(21-19-33)27-35-8-6-34(7-9-35)26-52-44(63)24-41-48-56-54-31(5)59(48)49-45(29(3)30(4)65-49)46(53-41)36-12-14-37(51)15-13-36/h6-17,23,25,28,33,41,61-62H,18-22,24,26-27H2,1-5H3,(H,52,63)(H,57,64)/t41-/m0/s1. The van der Waals surface area contributed by atoms with E-state index in [0.29, 0.717) is 40.1 Å². The van der Waals surface area contributed by atoms with Gasteiger partial charge in [0.1, 0.15) is 28.4 Å². The molecule has 15 heteroatoms. The second-order valence-corrected chi connectivity index (χ2v) is 19.2. The van der Waals surface area contributed by atoms with E-state index in [1.807, 2.05) is 57.2 Å². The average Bonchev–Trinajstić information content (AvgIpc) is 3.93. The van der Waals surface area contributed by atoms with Gasteiger partial charge < -0.3 is 20.6 Å². The largest absolute Gasteiger partial charge is 0.508 e. The van der Waals surface area contributed by atoms with Crippen LogP contribution in [0.15, 0.2) is 89.9 Å². The zero-order valence-electron chi connectivity index (χ0n) is 37.1. The fourth-order valence-corrected chi connectivity index (χ4v) is 10.3. The Hall–Kier alpha value is -6.35. The van der Waals surface area contributed by atoms with Crippen molar-refractivity contribution in [3.63, 3.8) is 0 Å². The first kappa shape index (κ1) is 43.9. The van der Waals surface area contributed by atoms with E-state index in [4.69, 9.17) is 16.6 Å². The maximum atomic E-state index is 13.6. The quantitative estimate of drug-likeness (QED) is 0.0934. The van der Waals surface area contributed by atoms with Crippen LogP contribution in [0.5, 0.6) is 17.5 Å². The van der Waals surface area contributed by atoms with Gasteiger partial charge in [0, 0.05) is 40.2 Å². The summed E-state index contributed by atoms with van der Waals surface area (Å²) in [6, 6.07) is 26.4. The number of rotatable bonds is 12. The lowest BCUT2D eigenvalue weighted by Gasteiger charge is -2.32. The molecule has 0 aliphatic carbocycles. The van der Waals surface area contributed by atoms with Crippen molar-refractivity contribution >= 4 is 34.6 Å². The van der Waals surface area contributed by atoms with Gasteiger partial charge in [-0.25, -0.2) is 4.57 Å². The lowest BCUT2D eigenvalue weighted by Crippen LogP contribution is -2.33. The van der Waals surface area contributed by atoms with Crippen LogP contribution >= 0.6 is 22.9 Å². The molecule has 334 valence electrons. The monoisotopic (exact) mass is 909 g/mol. The van der Waals surface area contributed by atoms with Crippen molar-refractivity contribution in [1.29, 1.82) is 0 Å². The van der Waals surface area contributed by atoms with Crippen molar-refractivity contribution in [1.82, 2.24) is 39.7 Å². The average molecular weight is 911 g/mol. The van der Waals surface area contributed by atoms with Crippen LogP contribution in [-0.2, 0) is 24.3 Å². The second kappa shape index (κ2) is 18.3. The Labute approximate surface area is 387 Å². The summed E-state index contributed by atoms with van der Waals surface area (Å²) in [7, 11) is 0. The number of aliphatic imine (C=N–C) groups is 1. The van der Waals surface area contributed by atoms with E-state index in [0.717, 1.165) is 77.7 Å². The van der Waals surface area contributed by atoms with Gasteiger partial charge in [-0.3, -0.25) is 19.3 Å². The van der Waals surface area contributed by atoms with Crippen LogP contribution in [0, 0.1) is 26.7 Å². The molecule has 7 aromatic rings. The predicted octanol–water partition coefficient (Wildman–Crippen LogP) is 9.45. The molecular formula is C50H52ClN9O4S. The van der Waals surface area contributed by atoms with Crippen LogP contribution in [0.3, 0.4) is 0 Å². The number of aromatic nitrogens is 6. The summed E-state index contributed by atoms with van der Waals surface area (Å²) in [6.45, 7) is 13.4. The number of likely N-dealkylation sites (tertiary alicyclic amines) is 1. The fraction of sp³-hybridized carbons (Fsp3) is 0.320. The first-order valence-electron chi connectivity index (χ1n) is 22.0. The highest BCUT2D eigenvalue weighted by atomic mass is 35.5. The number of carbonyl (C=O) groups is 1. The van der Waals surface area contributed by atoms with Crippen molar-refractivity contribution in [3.05, 3.63) is 145 Å². The van der Waals surface area contributed by atoms with Crippen LogP contribution in [0.1, 0.15) is 101 Å². The highest BCUT2D eigenvalue weighted by Crippen LogP contribution is 2.41. The molecule has 4 N–H and O–H groups in total. The van der Waals surface area contributed by atoms with Gasteiger partial charge in [-0.05, 0) is 123 Å². The lowest BCUT2D eigenvalue weighted by molar-refractivity contribution is -0.121. The predicted molar refractivity (Wildman–Crippen MR) is 254 cm³/mol. The fourth-order valence-electron chi connectivity index (χ4n) is 8.99. The molecule has 0 saturated carbocycles.